The van der Waals surface area contributed by atoms with Crippen LogP contribution in [-0.2, 0) is 17.9 Å². The molecule has 3 heteroatoms. The van der Waals surface area contributed by atoms with E-state index in [1.165, 1.54) is 5.56 Å². The van der Waals surface area contributed by atoms with E-state index in [0.29, 0.717) is 13.2 Å². The molecule has 1 aromatic heterocycles. The first kappa shape index (κ1) is 13.6. The zero-order chi connectivity index (χ0) is 14.5. The summed E-state index contributed by atoms with van der Waals surface area (Å²) in [5.74, 6) is 0. The molecular weight excluding hydrogens is 262 g/mol. The Hall–Kier alpha value is -2.39. The highest BCUT2D eigenvalue weighted by Gasteiger charge is 2.04. The lowest BCUT2D eigenvalue weighted by atomic mass is 10.1. The number of aldehydes is 1. The summed E-state index contributed by atoms with van der Waals surface area (Å²) in [6.07, 6.45) is 2.90. The van der Waals surface area contributed by atoms with Crippen molar-refractivity contribution in [2.45, 2.75) is 13.2 Å². The average molecular weight is 279 g/mol. The summed E-state index contributed by atoms with van der Waals surface area (Å²) in [7, 11) is 0. The normalized spacial score (nSPS) is 10.9. The van der Waals surface area contributed by atoms with E-state index in [0.717, 1.165) is 29.3 Å². The van der Waals surface area contributed by atoms with E-state index in [-0.39, 0.29) is 0 Å². The Balaban J connectivity index is 1.62. The second-order valence-corrected chi connectivity index (χ2v) is 4.95. The third-order valence-electron chi connectivity index (χ3n) is 3.56. The lowest BCUT2D eigenvalue weighted by Crippen LogP contribution is -2.05. The maximum Gasteiger partial charge on any atom is 0.150 e. The fourth-order valence-corrected chi connectivity index (χ4v) is 2.47. The first-order valence-electron chi connectivity index (χ1n) is 7.03. The minimum Gasteiger partial charge on any atom is -0.375 e. The van der Waals surface area contributed by atoms with Crippen LogP contribution in [0.2, 0.25) is 0 Å². The lowest BCUT2D eigenvalue weighted by Gasteiger charge is -2.07. The number of rotatable bonds is 6. The van der Waals surface area contributed by atoms with Gasteiger partial charge in [-0.1, -0.05) is 42.5 Å². The Morgan fingerprint density at radius 3 is 2.67 bits per heavy atom. The second kappa shape index (κ2) is 6.37. The van der Waals surface area contributed by atoms with Gasteiger partial charge in [0.05, 0.1) is 13.2 Å². The third kappa shape index (κ3) is 3.03. The second-order valence-electron chi connectivity index (χ2n) is 4.95. The molecule has 21 heavy (non-hydrogen) atoms. The van der Waals surface area contributed by atoms with Gasteiger partial charge in [0.15, 0.2) is 6.29 Å². The van der Waals surface area contributed by atoms with Crippen LogP contribution in [0.3, 0.4) is 0 Å². The molecule has 1 heterocycles. The fourth-order valence-electron chi connectivity index (χ4n) is 2.47. The SMILES string of the molecule is O=Cc1cccc2c1ccn2CCOCc1ccccc1. The summed E-state index contributed by atoms with van der Waals surface area (Å²) in [4.78, 5) is 11.0. The van der Waals surface area contributed by atoms with Gasteiger partial charge in [-0.15, -0.1) is 0 Å². The van der Waals surface area contributed by atoms with E-state index in [9.17, 15) is 4.79 Å². The summed E-state index contributed by atoms with van der Waals surface area (Å²) in [5, 5.41) is 0.996. The van der Waals surface area contributed by atoms with Crippen molar-refractivity contribution in [3.8, 4) is 0 Å². The van der Waals surface area contributed by atoms with Gasteiger partial charge in [-0.2, -0.15) is 0 Å². The molecule has 0 saturated carbocycles. The molecule has 0 fully saturated rings. The zero-order valence-electron chi connectivity index (χ0n) is 11.7. The highest BCUT2D eigenvalue weighted by Crippen LogP contribution is 2.19. The molecule has 2 aromatic carbocycles. The molecule has 106 valence electrons. The van der Waals surface area contributed by atoms with Crippen LogP contribution in [-0.4, -0.2) is 17.5 Å². The molecule has 0 amide bonds. The number of benzene rings is 2. The number of carbonyl (C=O) groups is 1. The smallest absolute Gasteiger partial charge is 0.150 e. The van der Waals surface area contributed by atoms with Crippen LogP contribution >= 0.6 is 0 Å². The molecule has 0 aliphatic carbocycles. The zero-order valence-corrected chi connectivity index (χ0v) is 11.7. The number of aromatic nitrogens is 1. The number of hydrogen-bond donors (Lipinski definition) is 0. The Kier molecular flexibility index (Phi) is 4.12. The quantitative estimate of drug-likeness (QED) is 0.509. The molecule has 3 rings (SSSR count). The van der Waals surface area contributed by atoms with Gasteiger partial charge in [0, 0.05) is 29.2 Å². The van der Waals surface area contributed by atoms with Crippen molar-refractivity contribution in [2.75, 3.05) is 6.61 Å². The molecule has 0 N–H and O–H groups in total. The Labute approximate surface area is 123 Å². The Morgan fingerprint density at radius 2 is 1.86 bits per heavy atom. The number of hydrogen-bond acceptors (Lipinski definition) is 2. The van der Waals surface area contributed by atoms with Crippen molar-refractivity contribution in [3.05, 3.63) is 71.9 Å². The van der Waals surface area contributed by atoms with E-state index < -0.39 is 0 Å². The summed E-state index contributed by atoms with van der Waals surface area (Å²) in [5.41, 5.74) is 2.98. The predicted molar refractivity (Wildman–Crippen MR) is 83.4 cm³/mol. The first-order valence-corrected chi connectivity index (χ1v) is 7.03. The topological polar surface area (TPSA) is 31.2 Å². The van der Waals surface area contributed by atoms with Gasteiger partial charge in [-0.3, -0.25) is 4.79 Å². The van der Waals surface area contributed by atoms with Gasteiger partial charge in [0.2, 0.25) is 0 Å². The molecule has 0 aliphatic heterocycles. The van der Waals surface area contributed by atoms with Crippen molar-refractivity contribution in [2.24, 2.45) is 0 Å². The van der Waals surface area contributed by atoms with Crippen LogP contribution in [0.25, 0.3) is 10.9 Å². The van der Waals surface area contributed by atoms with Crippen molar-refractivity contribution < 1.29 is 9.53 Å². The standard InChI is InChI=1S/C18H17NO2/c20-13-16-7-4-8-18-17(16)9-10-19(18)11-12-21-14-15-5-2-1-3-6-15/h1-10,13H,11-12,14H2. The minimum atomic E-state index is 0.625. The fraction of sp³-hybridized carbons (Fsp3) is 0.167. The van der Waals surface area contributed by atoms with E-state index >= 15 is 0 Å². The van der Waals surface area contributed by atoms with Crippen LogP contribution in [0, 0.1) is 0 Å². The number of carbonyl (C=O) groups excluding carboxylic acids is 1. The lowest BCUT2D eigenvalue weighted by molar-refractivity contribution is 0.112. The van der Waals surface area contributed by atoms with Gasteiger partial charge in [-0.05, 0) is 17.7 Å². The summed E-state index contributed by atoms with van der Waals surface area (Å²) in [6, 6.07) is 17.9. The largest absolute Gasteiger partial charge is 0.375 e. The average Bonchev–Trinajstić information content (AvgIpc) is 2.96. The van der Waals surface area contributed by atoms with Crippen molar-refractivity contribution in [1.29, 1.82) is 0 Å². The van der Waals surface area contributed by atoms with Crippen molar-refractivity contribution in [1.82, 2.24) is 4.57 Å². The highest BCUT2D eigenvalue weighted by atomic mass is 16.5. The van der Waals surface area contributed by atoms with Gasteiger partial charge in [0.1, 0.15) is 0 Å². The molecular formula is C18H17NO2. The van der Waals surface area contributed by atoms with Crippen LogP contribution in [0.5, 0.6) is 0 Å². The van der Waals surface area contributed by atoms with Gasteiger partial charge >= 0.3 is 0 Å². The monoisotopic (exact) mass is 279 g/mol. The predicted octanol–water partition coefficient (Wildman–Crippen LogP) is 3.67. The third-order valence-corrected chi connectivity index (χ3v) is 3.56. The van der Waals surface area contributed by atoms with Crippen molar-refractivity contribution >= 4 is 17.2 Å². The highest BCUT2D eigenvalue weighted by molar-refractivity contribution is 5.97. The Morgan fingerprint density at radius 1 is 1.00 bits per heavy atom. The number of nitrogens with zero attached hydrogens (tertiary/aromatic N) is 1. The summed E-state index contributed by atoms with van der Waals surface area (Å²) in [6.45, 7) is 2.04. The van der Waals surface area contributed by atoms with E-state index in [2.05, 4.69) is 16.7 Å². The molecule has 0 radical (unpaired) electrons. The van der Waals surface area contributed by atoms with E-state index in [1.54, 1.807) is 0 Å². The molecule has 0 aliphatic rings. The Bertz CT molecular complexity index is 731. The van der Waals surface area contributed by atoms with E-state index in [4.69, 9.17) is 4.74 Å². The minimum absolute atomic E-state index is 0.625. The number of ether oxygens (including phenoxy) is 1. The molecule has 0 spiro atoms. The molecule has 0 atom stereocenters. The molecule has 3 nitrogen and oxygen atoms in total. The first-order chi connectivity index (χ1) is 10.4. The van der Waals surface area contributed by atoms with Gasteiger partial charge in [-0.25, -0.2) is 0 Å². The summed E-state index contributed by atoms with van der Waals surface area (Å²) < 4.78 is 7.83. The number of fused-ring (bicyclic) bond motifs is 1. The summed E-state index contributed by atoms with van der Waals surface area (Å²) >= 11 is 0. The maximum atomic E-state index is 11.0. The molecule has 0 saturated heterocycles. The van der Waals surface area contributed by atoms with Gasteiger partial charge in [0.25, 0.3) is 0 Å². The molecule has 3 aromatic rings. The molecule has 0 bridgehead atoms. The van der Waals surface area contributed by atoms with E-state index in [1.807, 2.05) is 48.7 Å². The van der Waals surface area contributed by atoms with Crippen LogP contribution < -0.4 is 0 Å². The van der Waals surface area contributed by atoms with Crippen LogP contribution in [0.1, 0.15) is 15.9 Å². The maximum absolute atomic E-state index is 11.0. The van der Waals surface area contributed by atoms with Gasteiger partial charge < -0.3 is 9.30 Å². The van der Waals surface area contributed by atoms with Crippen LogP contribution in [0.4, 0.5) is 0 Å². The van der Waals surface area contributed by atoms with Crippen LogP contribution in [0.15, 0.2) is 60.8 Å². The van der Waals surface area contributed by atoms with Crippen molar-refractivity contribution in [3.63, 3.8) is 0 Å². The molecule has 0 unspecified atom stereocenters.